The van der Waals surface area contributed by atoms with Gasteiger partial charge in [0, 0.05) is 10.5 Å². The molecule has 2 N–H and O–H groups in total. The molecule has 2 aliphatic rings. The zero-order valence-corrected chi connectivity index (χ0v) is 17.3. The van der Waals surface area contributed by atoms with Gasteiger partial charge in [0.15, 0.2) is 0 Å². The average Bonchev–Trinajstić information content (AvgIpc) is 3.28. The third-order valence-corrected chi connectivity index (χ3v) is 5.97. The second-order valence-electron chi connectivity index (χ2n) is 6.46. The standard InChI is InChI=1S/C20H20N2S2.C2H6/c1-12-2-8-16(9-3-12)24-20(23)22-19(21)14-6-4-13(5-7-14)17-10-15-11-18(15)17;1-2/h2-9,15,20,23H,10-11H2,1H3,(H2,21,22);1-2H3. The maximum atomic E-state index is 6.16. The van der Waals surface area contributed by atoms with Crippen LogP contribution in [0.1, 0.15) is 43.4 Å². The number of aryl methyl sites for hydroxylation is 1. The van der Waals surface area contributed by atoms with Crippen molar-refractivity contribution in [1.82, 2.24) is 0 Å². The number of nitrogens with zero attached hydrogens (tertiary/aromatic N) is 1. The summed E-state index contributed by atoms with van der Waals surface area (Å²) in [6, 6.07) is 16.8. The summed E-state index contributed by atoms with van der Waals surface area (Å²) in [5.41, 5.74) is 12.9. The van der Waals surface area contributed by atoms with Crippen LogP contribution in [-0.2, 0) is 0 Å². The van der Waals surface area contributed by atoms with Crippen LogP contribution >= 0.6 is 24.4 Å². The van der Waals surface area contributed by atoms with Gasteiger partial charge < -0.3 is 5.73 Å². The van der Waals surface area contributed by atoms with Crippen molar-refractivity contribution in [3.8, 4) is 0 Å². The number of allylic oxidation sites excluding steroid dienone is 2. The van der Waals surface area contributed by atoms with Crippen molar-refractivity contribution in [2.45, 2.75) is 43.2 Å². The molecule has 0 aromatic heterocycles. The molecular weight excluding hydrogens is 356 g/mol. The van der Waals surface area contributed by atoms with Crippen molar-refractivity contribution in [1.29, 1.82) is 0 Å². The minimum absolute atomic E-state index is 0.212. The van der Waals surface area contributed by atoms with E-state index in [9.17, 15) is 0 Å². The smallest absolute Gasteiger partial charge is 0.145 e. The first-order valence-electron chi connectivity index (χ1n) is 9.17. The van der Waals surface area contributed by atoms with E-state index in [-0.39, 0.29) is 4.71 Å². The molecule has 2 aromatic rings. The van der Waals surface area contributed by atoms with Gasteiger partial charge in [0.25, 0.3) is 0 Å². The van der Waals surface area contributed by atoms with Crippen LogP contribution in [0.4, 0.5) is 0 Å². The third kappa shape index (κ3) is 4.36. The normalized spacial score (nSPS) is 19.1. The van der Waals surface area contributed by atoms with Crippen molar-refractivity contribution >= 4 is 35.8 Å². The Balaban J connectivity index is 0.000000948. The minimum Gasteiger partial charge on any atom is -0.383 e. The molecule has 2 aliphatic carbocycles. The summed E-state index contributed by atoms with van der Waals surface area (Å²) in [6.07, 6.45) is 2.57. The summed E-state index contributed by atoms with van der Waals surface area (Å²) in [7, 11) is 0. The number of thiol groups is 1. The lowest BCUT2D eigenvalue weighted by atomic mass is 9.91. The molecular formula is C22H26N2S2. The molecule has 2 aromatic carbocycles. The van der Waals surface area contributed by atoms with Crippen LogP contribution in [0, 0.1) is 12.8 Å². The Morgan fingerprint density at radius 1 is 1.08 bits per heavy atom. The maximum absolute atomic E-state index is 6.16. The summed E-state index contributed by atoms with van der Waals surface area (Å²) in [6.45, 7) is 6.08. The van der Waals surface area contributed by atoms with E-state index in [0.717, 1.165) is 16.4 Å². The number of thioether (sulfide) groups is 1. The molecule has 2 atom stereocenters. The van der Waals surface area contributed by atoms with E-state index in [0.29, 0.717) is 5.84 Å². The van der Waals surface area contributed by atoms with Gasteiger partial charge in [-0.15, -0.1) is 12.6 Å². The van der Waals surface area contributed by atoms with E-state index < -0.39 is 0 Å². The first-order valence-corrected chi connectivity index (χ1v) is 10.6. The Hall–Kier alpha value is -1.65. The van der Waals surface area contributed by atoms with Gasteiger partial charge in [-0.3, -0.25) is 0 Å². The Morgan fingerprint density at radius 2 is 1.73 bits per heavy atom. The lowest BCUT2D eigenvalue weighted by molar-refractivity contribution is 0.869. The molecule has 1 saturated carbocycles. The van der Waals surface area contributed by atoms with Crippen LogP contribution < -0.4 is 5.73 Å². The van der Waals surface area contributed by atoms with E-state index in [1.165, 1.54) is 24.0 Å². The Kier molecular flexibility index (Phi) is 6.15. The fourth-order valence-corrected chi connectivity index (χ4v) is 4.31. The molecule has 136 valence electrons. The number of benzene rings is 2. The Morgan fingerprint density at radius 3 is 2.27 bits per heavy atom. The lowest BCUT2D eigenvalue weighted by Crippen LogP contribution is -2.15. The average molecular weight is 383 g/mol. The van der Waals surface area contributed by atoms with Crippen molar-refractivity contribution in [2.75, 3.05) is 0 Å². The van der Waals surface area contributed by atoms with Gasteiger partial charge in [0.05, 0.1) is 0 Å². The molecule has 0 heterocycles. The fourth-order valence-electron chi connectivity index (χ4n) is 3.12. The first kappa shape index (κ1) is 19.1. The molecule has 1 fully saturated rings. The van der Waals surface area contributed by atoms with Gasteiger partial charge in [-0.1, -0.05) is 73.1 Å². The summed E-state index contributed by atoms with van der Waals surface area (Å²) in [5.74, 6) is 1.45. The van der Waals surface area contributed by atoms with Crippen LogP contribution in [0.2, 0.25) is 0 Å². The molecule has 4 heteroatoms. The highest BCUT2D eigenvalue weighted by atomic mass is 32.2. The second-order valence-corrected chi connectivity index (χ2v) is 8.45. The summed E-state index contributed by atoms with van der Waals surface area (Å²) >= 11 is 6.13. The van der Waals surface area contributed by atoms with Crippen LogP contribution in [-0.4, -0.2) is 10.5 Å². The topological polar surface area (TPSA) is 38.4 Å². The molecule has 0 bridgehead atoms. The van der Waals surface area contributed by atoms with Crippen molar-refractivity contribution < 1.29 is 0 Å². The van der Waals surface area contributed by atoms with Gasteiger partial charge in [0.2, 0.25) is 0 Å². The zero-order chi connectivity index (χ0) is 18.7. The summed E-state index contributed by atoms with van der Waals surface area (Å²) < 4.78 is -0.212. The van der Waals surface area contributed by atoms with E-state index in [4.69, 9.17) is 5.73 Å². The quantitative estimate of drug-likeness (QED) is 0.222. The van der Waals surface area contributed by atoms with Crippen LogP contribution in [0.3, 0.4) is 0 Å². The zero-order valence-electron chi connectivity index (χ0n) is 15.6. The number of aliphatic imine (C=N–C) groups is 1. The highest BCUT2D eigenvalue weighted by molar-refractivity contribution is 8.10. The minimum atomic E-state index is -0.212. The number of fused-ring (bicyclic) bond motifs is 1. The Labute approximate surface area is 166 Å². The number of hydrogen-bond donors (Lipinski definition) is 2. The van der Waals surface area contributed by atoms with Gasteiger partial charge in [0.1, 0.15) is 10.5 Å². The molecule has 4 rings (SSSR count). The maximum Gasteiger partial charge on any atom is 0.145 e. The van der Waals surface area contributed by atoms with Crippen LogP contribution in [0.5, 0.6) is 0 Å². The molecule has 0 aliphatic heterocycles. The molecule has 26 heavy (non-hydrogen) atoms. The van der Waals surface area contributed by atoms with Gasteiger partial charge in [-0.25, -0.2) is 4.99 Å². The van der Waals surface area contributed by atoms with E-state index in [1.54, 1.807) is 22.9 Å². The molecule has 0 saturated heterocycles. The number of hydrogen-bond acceptors (Lipinski definition) is 3. The number of amidine groups is 1. The molecule has 0 radical (unpaired) electrons. The first-order chi connectivity index (χ1) is 12.6. The van der Waals surface area contributed by atoms with Crippen molar-refractivity contribution in [3.63, 3.8) is 0 Å². The predicted molar refractivity (Wildman–Crippen MR) is 118 cm³/mol. The molecule has 2 unspecified atom stereocenters. The Bertz CT molecular complexity index is 820. The lowest BCUT2D eigenvalue weighted by Gasteiger charge is -2.14. The van der Waals surface area contributed by atoms with Gasteiger partial charge in [-0.05, 0) is 49.0 Å². The summed E-state index contributed by atoms with van der Waals surface area (Å²) in [4.78, 5) is 5.65. The summed E-state index contributed by atoms with van der Waals surface area (Å²) in [5, 5.41) is 0. The monoisotopic (exact) mass is 382 g/mol. The van der Waals surface area contributed by atoms with E-state index in [1.807, 2.05) is 13.8 Å². The SMILES string of the molecule is CC.Cc1ccc(SC(S)/N=C(\N)c2ccc(C3=C4CC4C3)cc2)cc1. The number of nitrogens with two attached hydrogens (primary N) is 1. The van der Waals surface area contributed by atoms with Gasteiger partial charge >= 0.3 is 0 Å². The fraction of sp³-hybridized carbons (Fsp3) is 0.318. The third-order valence-electron chi connectivity index (χ3n) is 4.68. The van der Waals surface area contributed by atoms with Gasteiger partial charge in [-0.2, -0.15) is 0 Å². The van der Waals surface area contributed by atoms with Crippen molar-refractivity contribution in [3.05, 3.63) is 70.8 Å². The van der Waals surface area contributed by atoms with E-state index in [2.05, 4.69) is 73.1 Å². The molecule has 0 spiro atoms. The van der Waals surface area contributed by atoms with Crippen LogP contribution in [0.25, 0.3) is 5.57 Å². The highest BCUT2D eigenvalue weighted by Gasteiger charge is 2.42. The highest BCUT2D eigenvalue weighted by Crippen LogP contribution is 2.58. The molecule has 0 amide bonds. The molecule has 2 nitrogen and oxygen atoms in total. The van der Waals surface area contributed by atoms with Crippen LogP contribution in [0.15, 0.2) is 64.0 Å². The second kappa shape index (κ2) is 8.36. The number of rotatable bonds is 5. The van der Waals surface area contributed by atoms with Crippen molar-refractivity contribution in [2.24, 2.45) is 16.6 Å². The predicted octanol–water partition coefficient (Wildman–Crippen LogP) is 5.91. The largest absolute Gasteiger partial charge is 0.383 e. The van der Waals surface area contributed by atoms with E-state index >= 15 is 0 Å².